The summed E-state index contributed by atoms with van der Waals surface area (Å²) in [6, 6.07) is 0. The second kappa shape index (κ2) is 8.47. The smallest absolute Gasteiger partial charge is 0.330 e. The molecule has 17 heavy (non-hydrogen) atoms. The molecule has 0 rings (SSSR count). The van der Waals surface area contributed by atoms with Crippen LogP contribution in [0.2, 0.25) is 0 Å². The zero-order valence-corrected chi connectivity index (χ0v) is 12.5. The van der Waals surface area contributed by atoms with Gasteiger partial charge in [0.15, 0.2) is 0 Å². The third-order valence-corrected chi connectivity index (χ3v) is 3.64. The quantitative estimate of drug-likeness (QED) is 0.380. The van der Waals surface area contributed by atoms with Crippen LogP contribution in [-0.2, 0) is 14.0 Å². The maximum absolute atomic E-state index is 11.1. The molecule has 0 aromatic rings. The summed E-state index contributed by atoms with van der Waals surface area (Å²) >= 11 is 0. The summed E-state index contributed by atoms with van der Waals surface area (Å²) in [7, 11) is 0.194. The summed E-state index contributed by atoms with van der Waals surface area (Å²) in [4.78, 5) is 11.1. The van der Waals surface area contributed by atoms with E-state index >= 15 is 0 Å². The maximum atomic E-state index is 11.1. The molecule has 0 heterocycles. The van der Waals surface area contributed by atoms with E-state index in [0.29, 0.717) is 11.8 Å². The Kier molecular flexibility index (Phi) is 8.17. The Morgan fingerprint density at radius 1 is 1.29 bits per heavy atom. The van der Waals surface area contributed by atoms with Crippen molar-refractivity contribution in [3.63, 3.8) is 0 Å². The maximum Gasteiger partial charge on any atom is 0.330 e. The van der Waals surface area contributed by atoms with Crippen LogP contribution in [0.5, 0.6) is 0 Å². The number of ether oxygens (including phenoxy) is 1. The molecule has 0 aromatic heterocycles. The van der Waals surface area contributed by atoms with Crippen LogP contribution in [0.4, 0.5) is 0 Å². The van der Waals surface area contributed by atoms with Crippen LogP contribution < -0.4 is 0 Å². The Morgan fingerprint density at radius 3 is 2.18 bits per heavy atom. The zero-order chi connectivity index (χ0) is 13.4. The predicted octanol–water partition coefficient (Wildman–Crippen LogP) is 2.77. The first-order valence-corrected chi connectivity index (χ1v) is 7.15. The van der Waals surface area contributed by atoms with Crippen LogP contribution in [-0.4, -0.2) is 27.6 Å². The van der Waals surface area contributed by atoms with E-state index in [1.54, 1.807) is 0 Å². The topological polar surface area (TPSA) is 35.5 Å². The fourth-order valence-electron chi connectivity index (χ4n) is 1.58. The summed E-state index contributed by atoms with van der Waals surface area (Å²) < 4.78 is 11.1. The van der Waals surface area contributed by atoms with E-state index in [1.165, 1.54) is 6.08 Å². The third kappa shape index (κ3) is 6.63. The molecule has 0 aliphatic heterocycles. The van der Waals surface area contributed by atoms with Gasteiger partial charge in [-0.15, -0.1) is 0 Å². The molecule has 3 nitrogen and oxygen atoms in total. The summed E-state index contributed by atoms with van der Waals surface area (Å²) in [5.41, 5.74) is -0.152. The standard InChI is InChI=1S/C13H24O3Si/c1-7-11(14)15-12(8-2)17-16-13(9(3)4)10(5)6/h7,9-10,12-13H,1,8H2,2-6H3. The lowest BCUT2D eigenvalue weighted by molar-refractivity contribution is -0.140. The van der Waals surface area contributed by atoms with E-state index in [1.807, 2.05) is 6.92 Å². The molecule has 1 atom stereocenters. The minimum atomic E-state index is -0.376. The van der Waals surface area contributed by atoms with Gasteiger partial charge in [-0.2, -0.15) is 0 Å². The number of esters is 1. The molecule has 0 N–H and O–H groups in total. The van der Waals surface area contributed by atoms with Crippen LogP contribution in [0.15, 0.2) is 12.7 Å². The van der Waals surface area contributed by atoms with E-state index in [-0.39, 0.29) is 27.6 Å². The van der Waals surface area contributed by atoms with Crippen LogP contribution in [0.1, 0.15) is 41.0 Å². The highest BCUT2D eigenvalue weighted by Crippen LogP contribution is 2.16. The number of rotatable bonds is 8. The molecular weight excluding hydrogens is 232 g/mol. The minimum absolute atomic E-state index is 0.152. The fourth-order valence-corrected chi connectivity index (χ4v) is 2.76. The van der Waals surface area contributed by atoms with Gasteiger partial charge in [0.2, 0.25) is 0 Å². The lowest BCUT2D eigenvalue weighted by Gasteiger charge is -2.26. The second-order valence-electron chi connectivity index (χ2n) is 4.73. The average Bonchev–Trinajstić information content (AvgIpc) is 2.26. The lowest BCUT2D eigenvalue weighted by Crippen LogP contribution is -2.33. The van der Waals surface area contributed by atoms with E-state index in [2.05, 4.69) is 34.3 Å². The first kappa shape index (κ1) is 16.4. The van der Waals surface area contributed by atoms with Gasteiger partial charge >= 0.3 is 5.97 Å². The largest absolute Gasteiger partial charge is 0.460 e. The summed E-state index contributed by atoms with van der Waals surface area (Å²) in [6.45, 7) is 13.9. The highest BCUT2D eigenvalue weighted by Gasteiger charge is 2.21. The van der Waals surface area contributed by atoms with Gasteiger partial charge in [-0.05, 0) is 18.3 Å². The molecule has 1 unspecified atom stereocenters. The number of hydrogen-bond donors (Lipinski definition) is 0. The Morgan fingerprint density at radius 2 is 1.82 bits per heavy atom. The van der Waals surface area contributed by atoms with Crippen molar-refractivity contribution >= 4 is 15.7 Å². The molecule has 0 spiro atoms. The molecule has 0 saturated heterocycles. The highest BCUT2D eigenvalue weighted by atomic mass is 28.2. The SMILES string of the molecule is C=CC(=O)OC(CC)[Si]OC(C(C)C)C(C)C. The van der Waals surface area contributed by atoms with Crippen molar-refractivity contribution in [3.8, 4) is 0 Å². The second-order valence-corrected chi connectivity index (χ2v) is 5.84. The summed E-state index contributed by atoms with van der Waals surface area (Å²) in [5.74, 6) is 0.559. The molecule has 0 aromatic carbocycles. The Bertz CT molecular complexity index is 231. The fraction of sp³-hybridized carbons (Fsp3) is 0.769. The molecular formula is C13H24O3Si. The van der Waals surface area contributed by atoms with Crippen molar-refractivity contribution in [3.05, 3.63) is 12.7 Å². The Hall–Kier alpha value is -0.613. The van der Waals surface area contributed by atoms with Gasteiger partial charge in [0, 0.05) is 12.2 Å². The Labute approximate surface area is 108 Å². The number of hydrogen-bond acceptors (Lipinski definition) is 3. The average molecular weight is 256 g/mol. The van der Waals surface area contributed by atoms with Gasteiger partial charge in [0.05, 0.1) is 0 Å². The monoisotopic (exact) mass is 256 g/mol. The zero-order valence-electron chi connectivity index (χ0n) is 11.5. The normalized spacial score (nSPS) is 13.2. The molecule has 0 aliphatic carbocycles. The molecule has 0 aliphatic rings. The van der Waals surface area contributed by atoms with Gasteiger partial charge in [0.25, 0.3) is 9.76 Å². The van der Waals surface area contributed by atoms with E-state index in [0.717, 1.165) is 6.42 Å². The van der Waals surface area contributed by atoms with Crippen LogP contribution in [0.25, 0.3) is 0 Å². The number of carbonyl (C=O) groups excluding carboxylic acids is 1. The molecule has 98 valence electrons. The van der Waals surface area contributed by atoms with Gasteiger partial charge in [-0.25, -0.2) is 4.79 Å². The number of carbonyl (C=O) groups is 1. The van der Waals surface area contributed by atoms with Gasteiger partial charge in [0.1, 0.15) is 5.73 Å². The van der Waals surface area contributed by atoms with E-state index in [4.69, 9.17) is 9.16 Å². The first-order valence-electron chi connectivity index (χ1n) is 6.16. The molecule has 0 saturated carbocycles. The first-order chi connectivity index (χ1) is 7.92. The summed E-state index contributed by atoms with van der Waals surface area (Å²) in [6.07, 6.45) is 2.17. The minimum Gasteiger partial charge on any atom is -0.460 e. The highest BCUT2D eigenvalue weighted by molar-refractivity contribution is 6.29. The summed E-state index contributed by atoms with van der Waals surface area (Å²) in [5, 5.41) is 0. The van der Waals surface area contributed by atoms with Gasteiger partial charge in [-0.1, -0.05) is 41.2 Å². The van der Waals surface area contributed by atoms with E-state index < -0.39 is 0 Å². The van der Waals surface area contributed by atoms with E-state index in [9.17, 15) is 4.79 Å². The van der Waals surface area contributed by atoms with Crippen LogP contribution in [0.3, 0.4) is 0 Å². The molecule has 0 amide bonds. The van der Waals surface area contributed by atoms with Crippen LogP contribution >= 0.6 is 0 Å². The van der Waals surface area contributed by atoms with Crippen molar-refractivity contribution in [1.29, 1.82) is 0 Å². The predicted molar refractivity (Wildman–Crippen MR) is 70.7 cm³/mol. The van der Waals surface area contributed by atoms with Crippen molar-refractivity contribution in [2.24, 2.45) is 11.8 Å². The van der Waals surface area contributed by atoms with Gasteiger partial charge < -0.3 is 9.16 Å². The van der Waals surface area contributed by atoms with Crippen molar-refractivity contribution in [1.82, 2.24) is 0 Å². The third-order valence-electron chi connectivity index (χ3n) is 2.45. The Balaban J connectivity index is 4.20. The van der Waals surface area contributed by atoms with Crippen LogP contribution in [0, 0.1) is 11.8 Å². The molecule has 0 fully saturated rings. The molecule has 2 radical (unpaired) electrons. The van der Waals surface area contributed by atoms with Crippen molar-refractivity contribution < 1.29 is 14.0 Å². The van der Waals surface area contributed by atoms with Gasteiger partial charge in [-0.3, -0.25) is 0 Å². The van der Waals surface area contributed by atoms with Crippen molar-refractivity contribution in [2.45, 2.75) is 52.9 Å². The lowest BCUT2D eigenvalue weighted by atomic mass is 9.97. The molecule has 0 bridgehead atoms. The van der Waals surface area contributed by atoms with Crippen molar-refractivity contribution in [2.75, 3.05) is 0 Å². The molecule has 4 heteroatoms.